The van der Waals surface area contributed by atoms with Crippen LogP contribution in [0.3, 0.4) is 0 Å². The minimum atomic E-state index is 0.211. The van der Waals surface area contributed by atoms with Crippen molar-refractivity contribution in [3.63, 3.8) is 0 Å². The van der Waals surface area contributed by atoms with Crippen LogP contribution in [0, 0.1) is 0 Å². The molecule has 1 heterocycles. The van der Waals surface area contributed by atoms with Crippen molar-refractivity contribution in [2.45, 2.75) is 32.9 Å². The van der Waals surface area contributed by atoms with Gasteiger partial charge in [0.15, 0.2) is 0 Å². The highest BCUT2D eigenvalue weighted by molar-refractivity contribution is 7.80. The lowest BCUT2D eigenvalue weighted by atomic mass is 10.3. The second-order valence-electron chi connectivity index (χ2n) is 2.58. The van der Waals surface area contributed by atoms with E-state index in [0.717, 1.165) is 19.4 Å². The van der Waals surface area contributed by atoms with Crippen LogP contribution in [-0.2, 0) is 0 Å². The first-order valence-corrected chi connectivity index (χ1v) is 4.41. The first-order chi connectivity index (χ1) is 5.29. The first-order valence-electron chi connectivity index (χ1n) is 4.01. The molecule has 1 aliphatic rings. The number of azo groups is 1. The van der Waals surface area contributed by atoms with E-state index in [1.54, 1.807) is 0 Å². The molecule has 1 rings (SSSR count). The molecule has 11 heavy (non-hydrogen) atoms. The molecule has 0 fully saturated rings. The van der Waals surface area contributed by atoms with Crippen LogP contribution in [0.5, 0.6) is 0 Å². The van der Waals surface area contributed by atoms with Crippen molar-refractivity contribution in [2.75, 3.05) is 6.54 Å². The van der Waals surface area contributed by atoms with Crippen molar-refractivity contribution >= 4 is 17.3 Å². The Balaban J connectivity index is 2.54. The first kappa shape index (κ1) is 8.59. The van der Waals surface area contributed by atoms with Crippen LogP contribution >= 0.6 is 12.2 Å². The molecular formula is C7H13N3S. The molecule has 0 saturated heterocycles. The van der Waals surface area contributed by atoms with Gasteiger partial charge in [-0.15, -0.1) is 5.11 Å². The molecule has 1 unspecified atom stereocenters. The summed E-state index contributed by atoms with van der Waals surface area (Å²) < 4.78 is 0. The molecule has 0 aliphatic carbocycles. The summed E-state index contributed by atoms with van der Waals surface area (Å²) in [6.45, 7) is 5.21. The van der Waals surface area contributed by atoms with Gasteiger partial charge >= 0.3 is 0 Å². The molecule has 62 valence electrons. The van der Waals surface area contributed by atoms with Crippen molar-refractivity contribution in [3.05, 3.63) is 0 Å². The van der Waals surface area contributed by atoms with Gasteiger partial charge in [-0.1, -0.05) is 13.8 Å². The van der Waals surface area contributed by atoms with E-state index in [0.29, 0.717) is 5.11 Å². The number of hydrogen-bond donors (Lipinski definition) is 0. The zero-order chi connectivity index (χ0) is 8.27. The molecule has 0 bridgehead atoms. The maximum Gasteiger partial charge on any atom is 0.217 e. The molecule has 1 atom stereocenters. The fraction of sp³-hybridized carbons (Fsp3) is 0.857. The number of thiocarbonyl (C=S) groups is 1. The Morgan fingerprint density at radius 2 is 2.27 bits per heavy atom. The SMILES string of the molecule is CCCN1C(=S)N=NC1CC. The number of rotatable bonds is 3. The predicted octanol–water partition coefficient (Wildman–Crippen LogP) is 2.19. The molecule has 4 heteroatoms. The Morgan fingerprint density at radius 1 is 1.55 bits per heavy atom. The summed E-state index contributed by atoms with van der Waals surface area (Å²) in [5, 5.41) is 8.57. The molecule has 0 saturated carbocycles. The summed E-state index contributed by atoms with van der Waals surface area (Å²) in [5.41, 5.74) is 0. The second kappa shape index (κ2) is 3.76. The lowest BCUT2D eigenvalue weighted by molar-refractivity contribution is 0.332. The van der Waals surface area contributed by atoms with Crippen LogP contribution in [0.15, 0.2) is 10.2 Å². The third kappa shape index (κ3) is 1.74. The normalized spacial score (nSPS) is 23.3. The summed E-state index contributed by atoms with van der Waals surface area (Å²) in [5.74, 6) is 0. The molecule has 0 amide bonds. The molecule has 0 aromatic carbocycles. The fourth-order valence-corrected chi connectivity index (χ4v) is 1.41. The summed E-state index contributed by atoms with van der Waals surface area (Å²) in [7, 11) is 0. The molecule has 0 N–H and O–H groups in total. The monoisotopic (exact) mass is 171 g/mol. The molecular weight excluding hydrogens is 158 g/mol. The van der Waals surface area contributed by atoms with Crippen LogP contribution in [-0.4, -0.2) is 22.7 Å². The summed E-state index contributed by atoms with van der Waals surface area (Å²) in [4.78, 5) is 2.08. The average Bonchev–Trinajstić information content (AvgIpc) is 2.34. The largest absolute Gasteiger partial charge is 0.322 e. The number of nitrogens with zero attached hydrogens (tertiary/aromatic N) is 3. The molecule has 0 aromatic heterocycles. The highest BCUT2D eigenvalue weighted by Gasteiger charge is 2.23. The van der Waals surface area contributed by atoms with Crippen LogP contribution in [0.4, 0.5) is 0 Å². The average molecular weight is 171 g/mol. The third-order valence-corrected chi connectivity index (χ3v) is 2.03. The van der Waals surface area contributed by atoms with Gasteiger partial charge in [0.2, 0.25) is 5.11 Å². The summed E-state index contributed by atoms with van der Waals surface area (Å²) in [6.07, 6.45) is 2.30. The zero-order valence-corrected chi connectivity index (χ0v) is 7.77. The quantitative estimate of drug-likeness (QED) is 0.609. The van der Waals surface area contributed by atoms with Crippen LogP contribution in [0.2, 0.25) is 0 Å². The van der Waals surface area contributed by atoms with Crippen LogP contribution in [0.25, 0.3) is 0 Å². The topological polar surface area (TPSA) is 28.0 Å². The summed E-state index contributed by atoms with van der Waals surface area (Å²) in [6, 6.07) is 0. The van der Waals surface area contributed by atoms with Gasteiger partial charge in [0, 0.05) is 6.54 Å². The smallest absolute Gasteiger partial charge is 0.217 e. The fourth-order valence-electron chi connectivity index (χ4n) is 1.15. The highest BCUT2D eigenvalue weighted by atomic mass is 32.1. The minimum absolute atomic E-state index is 0.211. The van der Waals surface area contributed by atoms with E-state index in [1.807, 2.05) is 0 Å². The molecule has 0 spiro atoms. The van der Waals surface area contributed by atoms with Gasteiger partial charge in [0.25, 0.3) is 0 Å². The lowest BCUT2D eigenvalue weighted by Crippen LogP contribution is -2.32. The van der Waals surface area contributed by atoms with E-state index in [2.05, 4.69) is 29.0 Å². The van der Waals surface area contributed by atoms with E-state index in [1.165, 1.54) is 0 Å². The zero-order valence-electron chi connectivity index (χ0n) is 6.95. The van der Waals surface area contributed by atoms with Gasteiger partial charge in [0.05, 0.1) is 0 Å². The summed E-state index contributed by atoms with van der Waals surface area (Å²) >= 11 is 5.01. The van der Waals surface area contributed by atoms with Gasteiger partial charge in [0.1, 0.15) is 6.17 Å². The standard InChI is InChI=1S/C7H13N3S/c1-3-5-10-6(4-2)8-9-7(10)11/h6H,3-5H2,1-2H3. The van der Waals surface area contributed by atoms with E-state index in [9.17, 15) is 0 Å². The minimum Gasteiger partial charge on any atom is -0.322 e. The van der Waals surface area contributed by atoms with Crippen molar-refractivity contribution in [1.82, 2.24) is 4.90 Å². The van der Waals surface area contributed by atoms with Crippen molar-refractivity contribution in [3.8, 4) is 0 Å². The van der Waals surface area contributed by atoms with E-state index in [-0.39, 0.29) is 6.17 Å². The van der Waals surface area contributed by atoms with Crippen molar-refractivity contribution in [2.24, 2.45) is 10.2 Å². The van der Waals surface area contributed by atoms with Crippen molar-refractivity contribution < 1.29 is 0 Å². The second-order valence-corrected chi connectivity index (χ2v) is 2.95. The van der Waals surface area contributed by atoms with Crippen LogP contribution < -0.4 is 0 Å². The van der Waals surface area contributed by atoms with E-state index in [4.69, 9.17) is 12.2 Å². The maximum absolute atomic E-state index is 5.01. The van der Waals surface area contributed by atoms with Crippen LogP contribution in [0.1, 0.15) is 26.7 Å². The molecule has 0 aromatic rings. The van der Waals surface area contributed by atoms with Gasteiger partial charge < -0.3 is 4.90 Å². The maximum atomic E-state index is 5.01. The Labute approximate surface area is 72.5 Å². The Kier molecular flexibility index (Phi) is 2.93. The van der Waals surface area contributed by atoms with Gasteiger partial charge in [-0.3, -0.25) is 0 Å². The third-order valence-electron chi connectivity index (χ3n) is 1.71. The Morgan fingerprint density at radius 3 is 2.82 bits per heavy atom. The van der Waals surface area contributed by atoms with Crippen molar-refractivity contribution in [1.29, 1.82) is 0 Å². The Bertz CT molecular complexity index is 179. The van der Waals surface area contributed by atoms with E-state index >= 15 is 0 Å². The van der Waals surface area contributed by atoms with Gasteiger partial charge in [-0.25, -0.2) is 0 Å². The predicted molar refractivity (Wildman–Crippen MR) is 48.5 cm³/mol. The number of hydrogen-bond acceptors (Lipinski definition) is 2. The molecule has 1 aliphatic heterocycles. The Hall–Kier alpha value is -0.510. The van der Waals surface area contributed by atoms with Gasteiger partial charge in [-0.2, -0.15) is 5.11 Å². The van der Waals surface area contributed by atoms with Gasteiger partial charge in [-0.05, 0) is 25.1 Å². The highest BCUT2D eigenvalue weighted by Crippen LogP contribution is 2.15. The molecule has 3 nitrogen and oxygen atoms in total. The molecule has 0 radical (unpaired) electrons. The van der Waals surface area contributed by atoms with E-state index < -0.39 is 0 Å². The lowest BCUT2D eigenvalue weighted by Gasteiger charge is -2.20.